The van der Waals surface area contributed by atoms with Crippen LogP contribution in [0.3, 0.4) is 0 Å². The van der Waals surface area contributed by atoms with Gasteiger partial charge in [-0.15, -0.1) is 0 Å². The summed E-state index contributed by atoms with van der Waals surface area (Å²) in [5.74, 6) is 0.554. The molecule has 0 aliphatic rings. The van der Waals surface area contributed by atoms with Crippen molar-refractivity contribution < 1.29 is 9.53 Å². The van der Waals surface area contributed by atoms with Gasteiger partial charge >= 0.3 is 0 Å². The van der Waals surface area contributed by atoms with Gasteiger partial charge in [-0.25, -0.2) is 0 Å². The van der Waals surface area contributed by atoms with Crippen LogP contribution >= 0.6 is 0 Å². The molecule has 0 aliphatic heterocycles. The third-order valence-electron chi connectivity index (χ3n) is 3.25. The molecule has 0 spiro atoms. The van der Waals surface area contributed by atoms with Crippen LogP contribution in [-0.4, -0.2) is 18.1 Å². The number of aryl methyl sites for hydroxylation is 2. The Morgan fingerprint density at radius 2 is 1.90 bits per heavy atom. The monoisotopic (exact) mass is 274 g/mol. The highest BCUT2D eigenvalue weighted by atomic mass is 16.5. The van der Waals surface area contributed by atoms with Crippen LogP contribution in [0.1, 0.15) is 43.9 Å². The Morgan fingerprint density at radius 3 is 2.35 bits per heavy atom. The number of hydrogen-bond donors (Lipinski definition) is 1. The molecule has 1 N–H and O–H groups in total. The van der Waals surface area contributed by atoms with Gasteiger partial charge < -0.3 is 10.1 Å². The van der Waals surface area contributed by atoms with E-state index in [1.807, 2.05) is 27.7 Å². The van der Waals surface area contributed by atoms with Gasteiger partial charge in [0.2, 0.25) is 0 Å². The highest BCUT2D eigenvalue weighted by molar-refractivity contribution is 5.81. The van der Waals surface area contributed by atoms with Gasteiger partial charge in [-0.1, -0.05) is 6.92 Å². The fourth-order valence-corrected chi connectivity index (χ4v) is 1.89. The number of hydrogen-bond acceptors (Lipinski definition) is 3. The minimum Gasteiger partial charge on any atom is -0.480 e. The van der Waals surface area contributed by atoms with Crippen molar-refractivity contribution in [1.29, 1.82) is 5.26 Å². The summed E-state index contributed by atoms with van der Waals surface area (Å²) in [5, 5.41) is 11.8. The van der Waals surface area contributed by atoms with E-state index in [2.05, 4.69) is 11.4 Å². The molecule has 2 unspecified atom stereocenters. The summed E-state index contributed by atoms with van der Waals surface area (Å²) in [6.07, 6.45) is 0.322. The van der Waals surface area contributed by atoms with Crippen LogP contribution < -0.4 is 10.1 Å². The minimum atomic E-state index is -0.561. The van der Waals surface area contributed by atoms with Crippen molar-refractivity contribution in [3.8, 4) is 11.8 Å². The number of nitrogens with zero attached hydrogens (tertiary/aromatic N) is 1. The molecular formula is C16H22N2O2. The summed E-state index contributed by atoms with van der Waals surface area (Å²) in [7, 11) is 0. The number of ether oxygens (including phenoxy) is 1. The largest absolute Gasteiger partial charge is 0.480 e. The second-order valence-electron chi connectivity index (χ2n) is 5.13. The van der Waals surface area contributed by atoms with Crippen molar-refractivity contribution in [2.24, 2.45) is 0 Å². The first-order chi connectivity index (χ1) is 9.38. The first-order valence-corrected chi connectivity index (χ1v) is 6.87. The van der Waals surface area contributed by atoms with Crippen LogP contribution in [0.25, 0.3) is 0 Å². The number of nitrogens with one attached hydrogen (secondary N) is 1. The third-order valence-corrected chi connectivity index (χ3v) is 3.25. The van der Waals surface area contributed by atoms with E-state index in [1.165, 1.54) is 0 Å². The molecule has 4 heteroatoms. The van der Waals surface area contributed by atoms with E-state index in [0.717, 1.165) is 17.5 Å². The zero-order valence-corrected chi connectivity index (χ0v) is 12.8. The second kappa shape index (κ2) is 6.95. The summed E-state index contributed by atoms with van der Waals surface area (Å²) in [5.41, 5.74) is 2.33. The SMILES string of the molecule is CCC(C)NC(=O)C(C)Oc1c(C)cc(C#N)cc1C. The first-order valence-electron chi connectivity index (χ1n) is 6.87. The number of rotatable bonds is 5. The van der Waals surface area contributed by atoms with Crippen LogP contribution in [0.2, 0.25) is 0 Å². The lowest BCUT2D eigenvalue weighted by molar-refractivity contribution is -0.127. The number of benzene rings is 1. The first kappa shape index (κ1) is 16.0. The normalized spacial score (nSPS) is 13.2. The molecule has 1 aromatic rings. The van der Waals surface area contributed by atoms with E-state index in [4.69, 9.17) is 10.00 Å². The molecule has 1 aromatic carbocycles. The van der Waals surface area contributed by atoms with Crippen molar-refractivity contribution in [3.05, 3.63) is 28.8 Å². The van der Waals surface area contributed by atoms with E-state index in [9.17, 15) is 4.79 Å². The van der Waals surface area contributed by atoms with Crippen molar-refractivity contribution in [3.63, 3.8) is 0 Å². The van der Waals surface area contributed by atoms with Crippen LogP contribution in [0, 0.1) is 25.2 Å². The summed E-state index contributed by atoms with van der Waals surface area (Å²) in [6, 6.07) is 5.78. The maximum atomic E-state index is 12.0. The maximum absolute atomic E-state index is 12.0. The van der Waals surface area contributed by atoms with Crippen LogP contribution in [0.15, 0.2) is 12.1 Å². The Kier molecular flexibility index (Phi) is 5.57. The lowest BCUT2D eigenvalue weighted by Crippen LogP contribution is -2.41. The van der Waals surface area contributed by atoms with Gasteiger partial charge in [0.1, 0.15) is 5.75 Å². The quantitative estimate of drug-likeness (QED) is 0.898. The zero-order valence-electron chi connectivity index (χ0n) is 12.8. The minimum absolute atomic E-state index is 0.123. The lowest BCUT2D eigenvalue weighted by Gasteiger charge is -2.20. The average Bonchev–Trinajstić information content (AvgIpc) is 2.41. The van der Waals surface area contributed by atoms with Crippen LogP contribution in [-0.2, 0) is 4.79 Å². The molecule has 0 radical (unpaired) electrons. The van der Waals surface area contributed by atoms with Crippen molar-refractivity contribution in [2.45, 2.75) is 53.2 Å². The van der Waals surface area contributed by atoms with E-state index < -0.39 is 6.10 Å². The molecule has 108 valence electrons. The van der Waals surface area contributed by atoms with Gasteiger partial charge in [0.25, 0.3) is 5.91 Å². The summed E-state index contributed by atoms with van der Waals surface area (Å²) in [6.45, 7) is 9.47. The fourth-order valence-electron chi connectivity index (χ4n) is 1.89. The standard InChI is InChI=1S/C16H22N2O2/c1-6-12(4)18-16(19)13(5)20-15-10(2)7-14(9-17)8-11(15)3/h7-8,12-13H,6H2,1-5H3,(H,18,19). The average molecular weight is 274 g/mol. The molecule has 20 heavy (non-hydrogen) atoms. The maximum Gasteiger partial charge on any atom is 0.260 e. The highest BCUT2D eigenvalue weighted by Gasteiger charge is 2.18. The lowest BCUT2D eigenvalue weighted by atomic mass is 10.1. The summed E-state index contributed by atoms with van der Waals surface area (Å²) < 4.78 is 5.76. The third kappa shape index (κ3) is 3.99. The van der Waals surface area contributed by atoms with Crippen molar-refractivity contribution >= 4 is 5.91 Å². The van der Waals surface area contributed by atoms with Crippen LogP contribution in [0.4, 0.5) is 0 Å². The molecule has 0 fully saturated rings. The summed E-state index contributed by atoms with van der Waals surface area (Å²) in [4.78, 5) is 12.0. The molecule has 0 saturated carbocycles. The predicted molar refractivity (Wildman–Crippen MR) is 78.6 cm³/mol. The molecule has 2 atom stereocenters. The number of carbonyl (C=O) groups is 1. The van der Waals surface area contributed by atoms with Gasteiger partial charge in [-0.3, -0.25) is 4.79 Å². The molecule has 0 bridgehead atoms. The highest BCUT2D eigenvalue weighted by Crippen LogP contribution is 2.25. The molecule has 0 saturated heterocycles. The van der Waals surface area contributed by atoms with Gasteiger partial charge in [-0.2, -0.15) is 5.26 Å². The molecule has 1 rings (SSSR count). The van der Waals surface area contributed by atoms with Gasteiger partial charge in [0.05, 0.1) is 11.6 Å². The topological polar surface area (TPSA) is 62.1 Å². The Balaban J connectivity index is 2.83. The van der Waals surface area contributed by atoms with Gasteiger partial charge in [0, 0.05) is 6.04 Å². The Morgan fingerprint density at radius 1 is 1.35 bits per heavy atom. The molecular weight excluding hydrogens is 252 g/mol. The van der Waals surface area contributed by atoms with E-state index in [0.29, 0.717) is 11.3 Å². The Hall–Kier alpha value is -2.02. The Bertz CT molecular complexity index is 509. The fraction of sp³-hybridized carbons (Fsp3) is 0.500. The zero-order chi connectivity index (χ0) is 15.3. The smallest absolute Gasteiger partial charge is 0.260 e. The number of nitriles is 1. The van der Waals surface area contributed by atoms with E-state index >= 15 is 0 Å². The summed E-state index contributed by atoms with van der Waals surface area (Å²) >= 11 is 0. The molecule has 4 nitrogen and oxygen atoms in total. The predicted octanol–water partition coefficient (Wildman–Crippen LogP) is 2.86. The molecule has 1 amide bonds. The molecule has 0 aromatic heterocycles. The van der Waals surface area contributed by atoms with Crippen LogP contribution in [0.5, 0.6) is 5.75 Å². The molecule has 0 aliphatic carbocycles. The number of carbonyl (C=O) groups excluding carboxylic acids is 1. The van der Waals surface area contributed by atoms with E-state index in [-0.39, 0.29) is 11.9 Å². The van der Waals surface area contributed by atoms with Crippen molar-refractivity contribution in [2.75, 3.05) is 0 Å². The number of amides is 1. The molecule has 0 heterocycles. The Labute approximate surface area is 120 Å². The van der Waals surface area contributed by atoms with Gasteiger partial charge in [-0.05, 0) is 57.4 Å². The van der Waals surface area contributed by atoms with Crippen molar-refractivity contribution in [1.82, 2.24) is 5.32 Å². The van der Waals surface area contributed by atoms with E-state index in [1.54, 1.807) is 19.1 Å². The second-order valence-corrected chi connectivity index (χ2v) is 5.13. The van der Waals surface area contributed by atoms with Gasteiger partial charge in [0.15, 0.2) is 6.10 Å².